The van der Waals surface area contributed by atoms with Crippen molar-refractivity contribution in [3.8, 4) is 11.5 Å². The highest BCUT2D eigenvalue weighted by Gasteiger charge is 2.13. The van der Waals surface area contributed by atoms with Gasteiger partial charge >= 0.3 is 0 Å². The number of hydrogen-bond acceptors (Lipinski definition) is 4. The molecule has 0 radical (unpaired) electrons. The summed E-state index contributed by atoms with van der Waals surface area (Å²) in [5.74, 6) is 1.38. The van der Waals surface area contributed by atoms with Crippen LogP contribution in [0.3, 0.4) is 0 Å². The molecular weight excluding hydrogens is 366 g/mol. The van der Waals surface area contributed by atoms with Crippen LogP contribution in [0, 0.1) is 13.8 Å². The molecule has 0 saturated carbocycles. The number of anilines is 1. The second-order valence-electron chi connectivity index (χ2n) is 6.65. The first kappa shape index (κ1) is 20.2. The van der Waals surface area contributed by atoms with E-state index in [9.17, 15) is 4.79 Å². The molecule has 3 aromatic rings. The van der Waals surface area contributed by atoms with E-state index in [1.54, 1.807) is 20.3 Å². The van der Waals surface area contributed by atoms with Crippen LogP contribution >= 0.6 is 0 Å². The highest BCUT2D eigenvalue weighted by Crippen LogP contribution is 2.22. The molecule has 2 aromatic carbocycles. The summed E-state index contributed by atoms with van der Waals surface area (Å²) in [6.45, 7) is 4.43. The molecule has 0 fully saturated rings. The normalized spacial score (nSPS) is 10.9. The summed E-state index contributed by atoms with van der Waals surface area (Å²) in [5.41, 5.74) is 4.40. The number of benzene rings is 2. The lowest BCUT2D eigenvalue weighted by molar-refractivity contribution is -0.111. The third-order valence-electron chi connectivity index (χ3n) is 4.64. The average molecular weight is 391 g/mol. The quantitative estimate of drug-likeness (QED) is 0.613. The van der Waals surface area contributed by atoms with Gasteiger partial charge in [-0.25, -0.2) is 0 Å². The van der Waals surface area contributed by atoms with Crippen molar-refractivity contribution in [3.05, 3.63) is 77.1 Å². The molecule has 0 atom stereocenters. The zero-order valence-electron chi connectivity index (χ0n) is 17.1. The summed E-state index contributed by atoms with van der Waals surface area (Å²) >= 11 is 0. The summed E-state index contributed by atoms with van der Waals surface area (Å²) in [6.07, 6.45) is 3.28. The largest absolute Gasteiger partial charge is 0.497 e. The van der Waals surface area contributed by atoms with E-state index in [-0.39, 0.29) is 5.91 Å². The number of carbonyl (C=O) groups is 1. The molecule has 0 saturated heterocycles. The lowest BCUT2D eigenvalue weighted by Gasteiger charge is -2.07. The zero-order valence-corrected chi connectivity index (χ0v) is 17.1. The fourth-order valence-corrected chi connectivity index (χ4v) is 3.03. The Kier molecular flexibility index (Phi) is 6.34. The zero-order chi connectivity index (χ0) is 20.8. The lowest BCUT2D eigenvalue weighted by atomic mass is 10.2. The van der Waals surface area contributed by atoms with E-state index in [2.05, 4.69) is 10.4 Å². The van der Waals surface area contributed by atoms with Gasteiger partial charge in [-0.3, -0.25) is 9.48 Å². The third kappa shape index (κ3) is 5.04. The number of aryl methyl sites for hydroxylation is 1. The third-order valence-corrected chi connectivity index (χ3v) is 4.64. The van der Waals surface area contributed by atoms with Crippen LogP contribution in [0.25, 0.3) is 6.08 Å². The van der Waals surface area contributed by atoms with Crippen molar-refractivity contribution in [2.75, 3.05) is 19.5 Å². The van der Waals surface area contributed by atoms with Gasteiger partial charge in [-0.1, -0.05) is 24.3 Å². The Bertz CT molecular complexity index is 1020. The van der Waals surface area contributed by atoms with Crippen LogP contribution in [0.15, 0.2) is 54.6 Å². The molecule has 6 nitrogen and oxygen atoms in total. The van der Waals surface area contributed by atoms with E-state index in [1.807, 2.05) is 67.1 Å². The predicted molar refractivity (Wildman–Crippen MR) is 114 cm³/mol. The first-order valence-corrected chi connectivity index (χ1v) is 9.30. The minimum absolute atomic E-state index is 0.201. The molecule has 150 valence electrons. The van der Waals surface area contributed by atoms with Crippen molar-refractivity contribution in [1.29, 1.82) is 0 Å². The van der Waals surface area contributed by atoms with Crippen molar-refractivity contribution in [2.45, 2.75) is 20.4 Å². The van der Waals surface area contributed by atoms with Gasteiger partial charge in [0.25, 0.3) is 0 Å². The standard InChI is InChI=1S/C23H25N3O3/c1-16-23(24-22(27)13-10-18-8-11-20(28-3)12-9-18)17(2)26(25-16)15-19-6-5-7-21(14-19)29-4/h5-14H,15H2,1-4H3,(H,24,27)/b13-10+. The molecule has 0 aliphatic carbocycles. The summed E-state index contributed by atoms with van der Waals surface area (Å²) in [6, 6.07) is 15.4. The molecule has 1 amide bonds. The van der Waals surface area contributed by atoms with E-state index in [4.69, 9.17) is 9.47 Å². The Morgan fingerprint density at radius 1 is 1.07 bits per heavy atom. The maximum absolute atomic E-state index is 12.4. The van der Waals surface area contributed by atoms with Gasteiger partial charge in [0, 0.05) is 6.08 Å². The van der Waals surface area contributed by atoms with Gasteiger partial charge in [0.05, 0.1) is 37.8 Å². The van der Waals surface area contributed by atoms with E-state index in [0.29, 0.717) is 6.54 Å². The number of carbonyl (C=O) groups excluding carboxylic acids is 1. The molecule has 1 N–H and O–H groups in total. The Morgan fingerprint density at radius 2 is 1.79 bits per heavy atom. The second kappa shape index (κ2) is 9.10. The maximum Gasteiger partial charge on any atom is 0.248 e. The van der Waals surface area contributed by atoms with Crippen molar-refractivity contribution >= 4 is 17.7 Å². The van der Waals surface area contributed by atoms with Crippen LogP contribution in [0.5, 0.6) is 11.5 Å². The minimum Gasteiger partial charge on any atom is -0.497 e. The summed E-state index contributed by atoms with van der Waals surface area (Å²) in [4.78, 5) is 12.4. The molecular formula is C23H25N3O3. The fraction of sp³-hybridized carbons (Fsp3) is 0.217. The van der Waals surface area contributed by atoms with Crippen LogP contribution < -0.4 is 14.8 Å². The van der Waals surface area contributed by atoms with Crippen LogP contribution in [-0.2, 0) is 11.3 Å². The number of methoxy groups -OCH3 is 2. The van der Waals surface area contributed by atoms with E-state index in [1.165, 1.54) is 6.08 Å². The monoisotopic (exact) mass is 391 g/mol. The topological polar surface area (TPSA) is 65.4 Å². The number of nitrogens with zero attached hydrogens (tertiary/aromatic N) is 2. The molecule has 3 rings (SSSR count). The van der Waals surface area contributed by atoms with Crippen molar-refractivity contribution in [1.82, 2.24) is 9.78 Å². The van der Waals surface area contributed by atoms with Crippen LogP contribution in [-0.4, -0.2) is 29.9 Å². The molecule has 1 heterocycles. The predicted octanol–water partition coefficient (Wildman–Crippen LogP) is 4.22. The number of nitrogens with one attached hydrogen (secondary N) is 1. The summed E-state index contributed by atoms with van der Waals surface area (Å²) < 4.78 is 12.3. The van der Waals surface area contributed by atoms with Gasteiger partial charge in [0.1, 0.15) is 11.5 Å². The van der Waals surface area contributed by atoms with Crippen molar-refractivity contribution < 1.29 is 14.3 Å². The highest BCUT2D eigenvalue weighted by atomic mass is 16.5. The van der Waals surface area contributed by atoms with E-state index >= 15 is 0 Å². The maximum atomic E-state index is 12.4. The Labute approximate surface area is 170 Å². The molecule has 0 aliphatic rings. The minimum atomic E-state index is -0.201. The molecule has 6 heteroatoms. The first-order valence-electron chi connectivity index (χ1n) is 9.30. The molecule has 0 bridgehead atoms. The summed E-state index contributed by atoms with van der Waals surface area (Å²) in [7, 11) is 3.27. The Morgan fingerprint density at radius 3 is 2.48 bits per heavy atom. The molecule has 0 spiro atoms. The number of rotatable bonds is 7. The Balaban J connectivity index is 1.70. The molecule has 0 aliphatic heterocycles. The lowest BCUT2D eigenvalue weighted by Crippen LogP contribution is -2.10. The summed E-state index contributed by atoms with van der Waals surface area (Å²) in [5, 5.41) is 7.52. The Hall–Kier alpha value is -3.54. The van der Waals surface area contributed by atoms with E-state index < -0.39 is 0 Å². The number of hydrogen-bond donors (Lipinski definition) is 1. The number of ether oxygens (including phenoxy) is 2. The van der Waals surface area contributed by atoms with Gasteiger partial charge < -0.3 is 14.8 Å². The second-order valence-corrected chi connectivity index (χ2v) is 6.65. The number of amides is 1. The fourth-order valence-electron chi connectivity index (χ4n) is 3.03. The van der Waals surface area contributed by atoms with E-state index in [0.717, 1.165) is 39.7 Å². The SMILES string of the molecule is COc1ccc(/C=C/C(=O)Nc2c(C)nn(Cc3cccc(OC)c3)c2C)cc1. The van der Waals surface area contributed by atoms with Crippen LogP contribution in [0.4, 0.5) is 5.69 Å². The molecule has 1 aromatic heterocycles. The smallest absolute Gasteiger partial charge is 0.248 e. The van der Waals surface area contributed by atoms with Crippen molar-refractivity contribution in [2.24, 2.45) is 0 Å². The van der Waals surface area contributed by atoms with Crippen molar-refractivity contribution in [3.63, 3.8) is 0 Å². The molecule has 29 heavy (non-hydrogen) atoms. The van der Waals surface area contributed by atoms with Gasteiger partial charge in [0.2, 0.25) is 5.91 Å². The van der Waals surface area contributed by atoms with Gasteiger partial charge in [-0.05, 0) is 55.3 Å². The van der Waals surface area contributed by atoms with Crippen LogP contribution in [0.2, 0.25) is 0 Å². The highest BCUT2D eigenvalue weighted by molar-refractivity contribution is 6.02. The van der Waals surface area contributed by atoms with Gasteiger partial charge in [-0.2, -0.15) is 5.10 Å². The average Bonchev–Trinajstić information content (AvgIpc) is 3.00. The molecule has 0 unspecified atom stereocenters. The van der Waals surface area contributed by atoms with Gasteiger partial charge in [-0.15, -0.1) is 0 Å². The van der Waals surface area contributed by atoms with Crippen LogP contribution in [0.1, 0.15) is 22.5 Å². The first-order chi connectivity index (χ1) is 14.0. The van der Waals surface area contributed by atoms with Gasteiger partial charge in [0.15, 0.2) is 0 Å². The number of aromatic nitrogens is 2.